The van der Waals surface area contributed by atoms with Gasteiger partial charge in [-0.1, -0.05) is 6.92 Å². The van der Waals surface area contributed by atoms with Crippen molar-refractivity contribution in [3.8, 4) is 6.07 Å². The molecule has 1 aliphatic heterocycles. The van der Waals surface area contributed by atoms with E-state index in [9.17, 15) is 5.26 Å². The van der Waals surface area contributed by atoms with Crippen LogP contribution in [0.5, 0.6) is 0 Å². The molecule has 98 valence electrons. The normalized spacial score (nSPS) is 14.8. The minimum Gasteiger partial charge on any atom is -0.344 e. The standard InChI is InChI=1S/C16H19N3/c1-4-5-19-11(2)15(8-17)14-6-12-9-18(3)10-13(12)7-16(14)19/h6-7H,4-5,9-10H2,1-3H3. The van der Waals surface area contributed by atoms with Crippen molar-refractivity contribution in [3.05, 3.63) is 34.5 Å². The molecule has 1 aromatic heterocycles. The lowest BCUT2D eigenvalue weighted by molar-refractivity contribution is 0.353. The Morgan fingerprint density at radius 3 is 2.58 bits per heavy atom. The van der Waals surface area contributed by atoms with Gasteiger partial charge in [-0.3, -0.25) is 4.90 Å². The van der Waals surface area contributed by atoms with Crippen LogP contribution in [0.3, 0.4) is 0 Å². The van der Waals surface area contributed by atoms with E-state index in [1.54, 1.807) is 0 Å². The fraction of sp³-hybridized carbons (Fsp3) is 0.438. The Labute approximate surface area is 114 Å². The molecule has 0 bridgehead atoms. The minimum atomic E-state index is 0.848. The molecule has 0 aliphatic carbocycles. The van der Waals surface area contributed by atoms with Crippen molar-refractivity contribution >= 4 is 10.9 Å². The van der Waals surface area contributed by atoms with Gasteiger partial charge in [0.15, 0.2) is 0 Å². The third kappa shape index (κ3) is 1.75. The highest BCUT2D eigenvalue weighted by atomic mass is 15.1. The average Bonchev–Trinajstić information content (AvgIpc) is 2.85. The van der Waals surface area contributed by atoms with Crippen LogP contribution in [0.4, 0.5) is 0 Å². The summed E-state index contributed by atoms with van der Waals surface area (Å²) in [7, 11) is 2.14. The topological polar surface area (TPSA) is 32.0 Å². The summed E-state index contributed by atoms with van der Waals surface area (Å²) in [6.07, 6.45) is 1.09. The lowest BCUT2D eigenvalue weighted by Crippen LogP contribution is -2.07. The summed E-state index contributed by atoms with van der Waals surface area (Å²) in [5, 5.41) is 10.6. The molecule has 0 radical (unpaired) electrons. The van der Waals surface area contributed by atoms with Crippen molar-refractivity contribution in [3.63, 3.8) is 0 Å². The summed E-state index contributed by atoms with van der Waals surface area (Å²) in [5.41, 5.74) is 5.97. The summed E-state index contributed by atoms with van der Waals surface area (Å²) < 4.78 is 2.30. The maximum Gasteiger partial charge on any atom is 0.102 e. The second-order valence-electron chi connectivity index (χ2n) is 5.53. The van der Waals surface area contributed by atoms with E-state index in [4.69, 9.17) is 0 Å². The van der Waals surface area contributed by atoms with Crippen molar-refractivity contribution in [1.82, 2.24) is 9.47 Å². The first-order valence-corrected chi connectivity index (χ1v) is 6.89. The predicted molar refractivity (Wildman–Crippen MR) is 76.9 cm³/mol. The molecule has 0 spiro atoms. The third-order valence-corrected chi connectivity index (χ3v) is 4.08. The number of benzene rings is 1. The van der Waals surface area contributed by atoms with Gasteiger partial charge < -0.3 is 4.57 Å². The van der Waals surface area contributed by atoms with Crippen LogP contribution < -0.4 is 0 Å². The maximum absolute atomic E-state index is 9.42. The minimum absolute atomic E-state index is 0.848. The van der Waals surface area contributed by atoms with E-state index in [-0.39, 0.29) is 0 Å². The molecule has 1 aromatic carbocycles. The molecule has 1 aliphatic rings. The highest BCUT2D eigenvalue weighted by Crippen LogP contribution is 2.32. The summed E-state index contributed by atoms with van der Waals surface area (Å²) in [6, 6.07) is 6.90. The van der Waals surface area contributed by atoms with Crippen LogP contribution in [-0.2, 0) is 19.6 Å². The van der Waals surface area contributed by atoms with Gasteiger partial charge in [-0.2, -0.15) is 5.26 Å². The van der Waals surface area contributed by atoms with Crippen LogP contribution in [0.1, 0.15) is 35.7 Å². The van der Waals surface area contributed by atoms with Crippen LogP contribution in [0.25, 0.3) is 10.9 Å². The first-order chi connectivity index (χ1) is 9.15. The number of fused-ring (bicyclic) bond motifs is 2. The Morgan fingerprint density at radius 2 is 1.95 bits per heavy atom. The van der Waals surface area contributed by atoms with Gasteiger partial charge in [0.05, 0.1) is 5.56 Å². The molecule has 0 atom stereocenters. The Morgan fingerprint density at radius 1 is 1.26 bits per heavy atom. The molecular formula is C16H19N3. The molecule has 0 saturated carbocycles. The molecule has 19 heavy (non-hydrogen) atoms. The molecule has 0 saturated heterocycles. The summed E-state index contributed by atoms with van der Waals surface area (Å²) >= 11 is 0. The fourth-order valence-electron chi connectivity index (χ4n) is 3.20. The lowest BCUT2D eigenvalue weighted by Gasteiger charge is -2.07. The summed E-state index contributed by atoms with van der Waals surface area (Å²) in [6.45, 7) is 7.24. The summed E-state index contributed by atoms with van der Waals surface area (Å²) in [4.78, 5) is 2.31. The van der Waals surface area contributed by atoms with E-state index in [1.807, 2.05) is 0 Å². The Bertz CT molecular complexity index is 688. The van der Waals surface area contributed by atoms with Gasteiger partial charge in [0, 0.05) is 36.2 Å². The zero-order valence-corrected chi connectivity index (χ0v) is 11.8. The van der Waals surface area contributed by atoms with E-state index in [2.05, 4.69) is 48.6 Å². The molecular weight excluding hydrogens is 234 g/mol. The number of hydrogen-bond donors (Lipinski definition) is 0. The van der Waals surface area contributed by atoms with Gasteiger partial charge in [0.2, 0.25) is 0 Å². The second kappa shape index (κ2) is 4.40. The zero-order valence-electron chi connectivity index (χ0n) is 11.8. The molecule has 0 unspecified atom stereocenters. The van der Waals surface area contributed by atoms with Gasteiger partial charge in [-0.15, -0.1) is 0 Å². The van der Waals surface area contributed by atoms with Crippen LogP contribution >= 0.6 is 0 Å². The van der Waals surface area contributed by atoms with E-state index in [1.165, 1.54) is 16.6 Å². The van der Waals surface area contributed by atoms with Crippen LogP contribution in [0.15, 0.2) is 12.1 Å². The van der Waals surface area contributed by atoms with Crippen molar-refractivity contribution < 1.29 is 0 Å². The largest absolute Gasteiger partial charge is 0.344 e. The monoisotopic (exact) mass is 253 g/mol. The van der Waals surface area contributed by atoms with Crippen LogP contribution in [0, 0.1) is 18.3 Å². The van der Waals surface area contributed by atoms with E-state index < -0.39 is 0 Å². The van der Waals surface area contributed by atoms with Gasteiger partial charge in [0.1, 0.15) is 6.07 Å². The molecule has 2 heterocycles. The Kier molecular flexibility index (Phi) is 2.83. The quantitative estimate of drug-likeness (QED) is 0.823. The van der Waals surface area contributed by atoms with Gasteiger partial charge >= 0.3 is 0 Å². The van der Waals surface area contributed by atoms with Crippen molar-refractivity contribution in [2.75, 3.05) is 7.05 Å². The molecule has 3 heteroatoms. The molecule has 0 fully saturated rings. The number of aryl methyl sites for hydroxylation is 1. The number of nitriles is 1. The molecule has 3 rings (SSSR count). The number of aromatic nitrogens is 1. The zero-order chi connectivity index (χ0) is 13.6. The number of rotatable bonds is 2. The summed E-state index contributed by atoms with van der Waals surface area (Å²) in [5.74, 6) is 0. The van der Waals surface area contributed by atoms with Crippen molar-refractivity contribution in [2.45, 2.75) is 39.9 Å². The molecule has 2 aromatic rings. The van der Waals surface area contributed by atoms with E-state index >= 15 is 0 Å². The second-order valence-corrected chi connectivity index (χ2v) is 5.53. The van der Waals surface area contributed by atoms with Crippen LogP contribution in [-0.4, -0.2) is 16.5 Å². The Balaban J connectivity index is 2.30. The third-order valence-electron chi connectivity index (χ3n) is 4.08. The highest BCUT2D eigenvalue weighted by Gasteiger charge is 2.20. The van der Waals surface area contributed by atoms with Gasteiger partial charge in [0.25, 0.3) is 0 Å². The molecule has 0 amide bonds. The Hall–Kier alpha value is -1.79. The predicted octanol–water partition coefficient (Wildman–Crippen LogP) is 3.18. The van der Waals surface area contributed by atoms with E-state index in [0.717, 1.165) is 42.7 Å². The fourth-order valence-corrected chi connectivity index (χ4v) is 3.20. The number of hydrogen-bond acceptors (Lipinski definition) is 2. The smallest absolute Gasteiger partial charge is 0.102 e. The first-order valence-electron chi connectivity index (χ1n) is 6.89. The van der Waals surface area contributed by atoms with E-state index in [0.29, 0.717) is 0 Å². The maximum atomic E-state index is 9.42. The lowest BCUT2D eigenvalue weighted by atomic mass is 10.1. The van der Waals surface area contributed by atoms with Crippen molar-refractivity contribution in [2.24, 2.45) is 0 Å². The van der Waals surface area contributed by atoms with Gasteiger partial charge in [-0.25, -0.2) is 0 Å². The highest BCUT2D eigenvalue weighted by molar-refractivity contribution is 5.89. The molecule has 0 N–H and O–H groups in total. The van der Waals surface area contributed by atoms with Crippen molar-refractivity contribution in [1.29, 1.82) is 5.26 Å². The average molecular weight is 253 g/mol. The first kappa shape index (κ1) is 12.3. The SMILES string of the molecule is CCCn1c(C)c(C#N)c2cc3c(cc21)CN(C)C3. The number of nitrogens with zero attached hydrogens (tertiary/aromatic N) is 3. The molecule has 3 nitrogen and oxygen atoms in total. The van der Waals surface area contributed by atoms with Crippen LogP contribution in [0.2, 0.25) is 0 Å². The van der Waals surface area contributed by atoms with Gasteiger partial charge in [-0.05, 0) is 43.7 Å².